The topological polar surface area (TPSA) is 64.0 Å². The lowest BCUT2D eigenvalue weighted by Gasteiger charge is -2.56. The highest BCUT2D eigenvalue weighted by Gasteiger charge is 2.54. The number of aliphatic hydroxyl groups excluding tert-OH is 1. The van der Waals surface area contributed by atoms with E-state index in [1.807, 2.05) is 34.6 Å². The van der Waals surface area contributed by atoms with Crippen LogP contribution in [0, 0.1) is 0 Å². The van der Waals surface area contributed by atoms with Crippen LogP contribution >= 0.6 is 0 Å². The fraction of sp³-hybridized carbons (Fsp3) is 0.923. The van der Waals surface area contributed by atoms with Gasteiger partial charge in [0.25, 0.3) is 0 Å². The van der Waals surface area contributed by atoms with E-state index in [2.05, 4.69) is 0 Å². The number of rotatable bonds is 3. The smallest absolute Gasteiger partial charge is 0.245 e. The summed E-state index contributed by atoms with van der Waals surface area (Å²) in [7, 11) is 0. The van der Waals surface area contributed by atoms with Gasteiger partial charge in [0, 0.05) is 6.54 Å². The van der Waals surface area contributed by atoms with Crippen LogP contribution in [0.3, 0.4) is 0 Å². The molecule has 0 aromatic carbocycles. The van der Waals surface area contributed by atoms with Crippen molar-refractivity contribution in [1.82, 2.24) is 9.96 Å². The summed E-state index contributed by atoms with van der Waals surface area (Å²) in [4.78, 5) is 14.3. The average Bonchev–Trinajstić information content (AvgIpc) is 2.31. The predicted octanol–water partition coefficient (Wildman–Crippen LogP) is 1.24. The van der Waals surface area contributed by atoms with Gasteiger partial charge in [-0.2, -0.15) is 5.06 Å². The van der Waals surface area contributed by atoms with Crippen molar-refractivity contribution in [1.29, 1.82) is 0 Å². The monoisotopic (exact) mass is 258 g/mol. The maximum absolute atomic E-state index is 12.6. The zero-order chi connectivity index (χ0) is 14.4. The lowest BCUT2D eigenvalue weighted by Crippen LogP contribution is -2.74. The normalized spacial score (nSPS) is 29.8. The van der Waals surface area contributed by atoms with Crippen molar-refractivity contribution in [2.75, 3.05) is 13.2 Å². The molecule has 1 atom stereocenters. The van der Waals surface area contributed by atoms with Crippen LogP contribution in [0.1, 0.15) is 48.0 Å². The van der Waals surface area contributed by atoms with Crippen molar-refractivity contribution < 1.29 is 15.1 Å². The Morgan fingerprint density at radius 3 is 2.22 bits per heavy atom. The Balaban J connectivity index is 3.23. The molecule has 1 unspecified atom stereocenters. The van der Waals surface area contributed by atoms with Crippen molar-refractivity contribution >= 4 is 5.91 Å². The van der Waals surface area contributed by atoms with Gasteiger partial charge in [-0.25, -0.2) is 0 Å². The Kier molecular flexibility index (Phi) is 3.83. The van der Waals surface area contributed by atoms with E-state index in [0.717, 1.165) is 0 Å². The van der Waals surface area contributed by atoms with E-state index < -0.39 is 16.6 Å². The van der Waals surface area contributed by atoms with Gasteiger partial charge in [0.05, 0.1) is 17.7 Å². The highest BCUT2D eigenvalue weighted by Crippen LogP contribution is 2.36. The molecule has 1 amide bonds. The third kappa shape index (κ3) is 2.15. The SMILES string of the molecule is CCC1(C)C(=O)N(C(C)(C)CO)CC(C)(C)N1O. The first kappa shape index (κ1) is 15.4. The van der Waals surface area contributed by atoms with E-state index in [-0.39, 0.29) is 12.5 Å². The number of nitrogens with zero attached hydrogens (tertiary/aromatic N) is 2. The fourth-order valence-electron chi connectivity index (χ4n) is 2.45. The predicted molar refractivity (Wildman–Crippen MR) is 69.3 cm³/mol. The summed E-state index contributed by atoms with van der Waals surface area (Å²) in [5.74, 6) is -0.133. The summed E-state index contributed by atoms with van der Waals surface area (Å²) in [6.07, 6.45) is 0.518. The number of carbonyl (C=O) groups excluding carboxylic acids is 1. The van der Waals surface area contributed by atoms with Crippen molar-refractivity contribution in [3.05, 3.63) is 0 Å². The fourth-order valence-corrected chi connectivity index (χ4v) is 2.45. The second-order valence-electron chi connectivity index (χ2n) is 6.61. The molecule has 0 aliphatic carbocycles. The van der Waals surface area contributed by atoms with Gasteiger partial charge in [-0.15, -0.1) is 0 Å². The third-order valence-corrected chi connectivity index (χ3v) is 4.10. The molecule has 0 bridgehead atoms. The maximum atomic E-state index is 12.6. The molecule has 1 aliphatic rings. The zero-order valence-electron chi connectivity index (χ0n) is 12.3. The van der Waals surface area contributed by atoms with E-state index in [1.165, 1.54) is 5.06 Å². The first-order valence-electron chi connectivity index (χ1n) is 6.45. The van der Waals surface area contributed by atoms with E-state index in [0.29, 0.717) is 13.0 Å². The van der Waals surface area contributed by atoms with Crippen LogP contribution in [-0.4, -0.2) is 56.0 Å². The highest BCUT2D eigenvalue weighted by atomic mass is 16.5. The molecule has 0 aromatic heterocycles. The average molecular weight is 258 g/mol. The van der Waals surface area contributed by atoms with E-state index in [4.69, 9.17) is 0 Å². The van der Waals surface area contributed by atoms with Gasteiger partial charge in [-0.3, -0.25) is 4.79 Å². The molecule has 5 heteroatoms. The first-order valence-corrected chi connectivity index (χ1v) is 6.45. The minimum atomic E-state index is -0.936. The lowest BCUT2D eigenvalue weighted by atomic mass is 9.83. The molecule has 0 spiro atoms. The quantitative estimate of drug-likeness (QED) is 0.799. The molecule has 106 valence electrons. The molecule has 1 heterocycles. The highest BCUT2D eigenvalue weighted by molar-refractivity contribution is 5.87. The van der Waals surface area contributed by atoms with E-state index in [9.17, 15) is 15.1 Å². The molecular weight excluding hydrogens is 232 g/mol. The van der Waals surface area contributed by atoms with Crippen LogP contribution in [0.15, 0.2) is 0 Å². The van der Waals surface area contributed by atoms with Crippen molar-refractivity contribution in [2.45, 2.75) is 64.6 Å². The Hall–Kier alpha value is -0.650. The van der Waals surface area contributed by atoms with Crippen molar-refractivity contribution in [2.24, 2.45) is 0 Å². The molecule has 18 heavy (non-hydrogen) atoms. The summed E-state index contributed by atoms with van der Waals surface area (Å²) in [5, 5.41) is 21.0. The molecular formula is C13H26N2O3. The summed E-state index contributed by atoms with van der Waals surface area (Å²) in [5.41, 5.74) is -2.09. The Morgan fingerprint density at radius 1 is 1.33 bits per heavy atom. The molecule has 0 aromatic rings. The van der Waals surface area contributed by atoms with Crippen molar-refractivity contribution in [3.8, 4) is 0 Å². The molecule has 0 saturated carbocycles. The number of hydrogen-bond acceptors (Lipinski definition) is 4. The second kappa shape index (κ2) is 4.47. The Bertz CT molecular complexity index is 341. The number of hydroxylamine groups is 2. The summed E-state index contributed by atoms with van der Waals surface area (Å²) < 4.78 is 0. The van der Waals surface area contributed by atoms with Gasteiger partial charge in [0.15, 0.2) is 0 Å². The van der Waals surface area contributed by atoms with Crippen LogP contribution in [-0.2, 0) is 4.79 Å². The van der Waals surface area contributed by atoms with Gasteiger partial charge in [-0.05, 0) is 41.0 Å². The van der Waals surface area contributed by atoms with Crippen LogP contribution in [0.4, 0.5) is 0 Å². The largest absolute Gasteiger partial charge is 0.394 e. The van der Waals surface area contributed by atoms with Crippen LogP contribution in [0.25, 0.3) is 0 Å². The van der Waals surface area contributed by atoms with Gasteiger partial charge in [-0.1, -0.05) is 6.92 Å². The molecule has 2 N–H and O–H groups in total. The number of aliphatic hydroxyl groups is 1. The Morgan fingerprint density at radius 2 is 1.83 bits per heavy atom. The Labute approximate surface area is 109 Å². The van der Waals surface area contributed by atoms with E-state index in [1.54, 1.807) is 11.8 Å². The van der Waals surface area contributed by atoms with E-state index >= 15 is 0 Å². The van der Waals surface area contributed by atoms with Crippen LogP contribution in [0.5, 0.6) is 0 Å². The number of carbonyl (C=O) groups is 1. The molecule has 1 aliphatic heterocycles. The van der Waals surface area contributed by atoms with Crippen molar-refractivity contribution in [3.63, 3.8) is 0 Å². The summed E-state index contributed by atoms with van der Waals surface area (Å²) >= 11 is 0. The molecule has 0 radical (unpaired) electrons. The van der Waals surface area contributed by atoms with Gasteiger partial charge >= 0.3 is 0 Å². The number of piperazine rings is 1. The summed E-state index contributed by atoms with van der Waals surface area (Å²) in [6, 6.07) is 0. The minimum absolute atomic E-state index is 0.0972. The standard InChI is InChI=1S/C13H26N2O3/c1-7-13(6)10(17)14(12(4,5)9-16)8-11(2,3)15(13)18/h16,18H,7-9H2,1-6H3. The minimum Gasteiger partial charge on any atom is -0.394 e. The number of hydrogen-bond donors (Lipinski definition) is 2. The zero-order valence-corrected chi connectivity index (χ0v) is 12.3. The lowest BCUT2D eigenvalue weighted by molar-refractivity contribution is -0.258. The maximum Gasteiger partial charge on any atom is 0.245 e. The van der Waals surface area contributed by atoms with Crippen LogP contribution in [0.2, 0.25) is 0 Å². The first-order chi connectivity index (χ1) is 8.03. The van der Waals surface area contributed by atoms with Gasteiger partial charge in [0.2, 0.25) is 5.91 Å². The molecule has 5 nitrogen and oxygen atoms in total. The van der Waals surface area contributed by atoms with Gasteiger partial charge in [0.1, 0.15) is 5.54 Å². The third-order valence-electron chi connectivity index (χ3n) is 4.10. The molecule has 1 fully saturated rings. The summed E-state index contributed by atoms with van der Waals surface area (Å²) in [6.45, 7) is 11.4. The molecule has 1 saturated heterocycles. The van der Waals surface area contributed by atoms with Crippen LogP contribution < -0.4 is 0 Å². The number of amides is 1. The molecule has 1 rings (SSSR count). The second-order valence-corrected chi connectivity index (χ2v) is 6.61. The van der Waals surface area contributed by atoms with Gasteiger partial charge < -0.3 is 15.2 Å².